The third-order valence-corrected chi connectivity index (χ3v) is 7.17. The Morgan fingerprint density at radius 2 is 1.65 bits per heavy atom. The molecule has 31 heavy (non-hydrogen) atoms. The molecule has 0 spiro atoms. The molecule has 5 rings (SSSR count). The van der Waals surface area contributed by atoms with Gasteiger partial charge in [0.05, 0.1) is 23.3 Å². The molecule has 1 aliphatic rings. The maximum Gasteiger partial charge on any atom is 0.237 e. The second kappa shape index (κ2) is 8.38. The van der Waals surface area contributed by atoms with Gasteiger partial charge in [0.2, 0.25) is 11.7 Å². The molecule has 1 saturated heterocycles. The zero-order valence-electron chi connectivity index (χ0n) is 17.9. The SMILES string of the molecule is C[C@@H]1CCC[C@H](C)N1C(=O)CSc1nnc2n(Cc3ccccc3)c3ccccc3n12. The normalized spacial score (nSPS) is 19.4. The van der Waals surface area contributed by atoms with Gasteiger partial charge < -0.3 is 9.47 Å². The van der Waals surface area contributed by atoms with Crippen LogP contribution >= 0.6 is 11.8 Å². The molecular weight excluding hydrogens is 406 g/mol. The zero-order valence-corrected chi connectivity index (χ0v) is 18.8. The van der Waals surface area contributed by atoms with Gasteiger partial charge in [-0.2, -0.15) is 0 Å². The molecule has 6 nitrogen and oxygen atoms in total. The van der Waals surface area contributed by atoms with E-state index in [1.807, 2.05) is 18.2 Å². The predicted molar refractivity (Wildman–Crippen MR) is 124 cm³/mol. The van der Waals surface area contributed by atoms with Gasteiger partial charge in [0, 0.05) is 12.1 Å². The first-order valence-corrected chi connectivity index (χ1v) is 11.9. The van der Waals surface area contributed by atoms with E-state index in [9.17, 15) is 4.79 Å². The molecule has 0 aliphatic carbocycles. The van der Waals surface area contributed by atoms with Crippen molar-refractivity contribution in [3.63, 3.8) is 0 Å². The highest BCUT2D eigenvalue weighted by molar-refractivity contribution is 7.99. The monoisotopic (exact) mass is 433 g/mol. The second-order valence-corrected chi connectivity index (χ2v) is 9.34. The van der Waals surface area contributed by atoms with Crippen LogP contribution in [0.5, 0.6) is 0 Å². The third kappa shape index (κ3) is 3.71. The summed E-state index contributed by atoms with van der Waals surface area (Å²) in [5, 5.41) is 9.72. The molecule has 0 N–H and O–H groups in total. The van der Waals surface area contributed by atoms with Crippen molar-refractivity contribution < 1.29 is 4.79 Å². The van der Waals surface area contributed by atoms with Crippen molar-refractivity contribution in [3.8, 4) is 0 Å². The number of carbonyl (C=O) groups is 1. The first-order chi connectivity index (χ1) is 15.1. The summed E-state index contributed by atoms with van der Waals surface area (Å²) in [6, 6.07) is 19.3. The van der Waals surface area contributed by atoms with E-state index in [0.717, 1.165) is 41.4 Å². The lowest BCUT2D eigenvalue weighted by atomic mass is 9.98. The van der Waals surface area contributed by atoms with Crippen molar-refractivity contribution in [1.82, 2.24) is 24.1 Å². The molecule has 2 atom stereocenters. The molecule has 0 unspecified atom stereocenters. The van der Waals surface area contributed by atoms with Crippen LogP contribution in [-0.2, 0) is 11.3 Å². The summed E-state index contributed by atoms with van der Waals surface area (Å²) in [5.41, 5.74) is 3.39. The Labute approximate surface area is 186 Å². The Bertz CT molecular complexity index is 1200. The number of benzene rings is 2. The minimum atomic E-state index is 0.189. The van der Waals surface area contributed by atoms with Gasteiger partial charge in [0.1, 0.15) is 0 Å². The Morgan fingerprint density at radius 3 is 2.39 bits per heavy atom. The summed E-state index contributed by atoms with van der Waals surface area (Å²) in [7, 11) is 0. The number of nitrogens with zero attached hydrogens (tertiary/aromatic N) is 5. The van der Waals surface area contributed by atoms with Crippen molar-refractivity contribution in [1.29, 1.82) is 0 Å². The van der Waals surface area contributed by atoms with Gasteiger partial charge in [-0.15, -0.1) is 10.2 Å². The molecule has 3 heterocycles. The average Bonchev–Trinajstić information content (AvgIpc) is 3.32. The number of fused-ring (bicyclic) bond motifs is 3. The Hall–Kier alpha value is -2.80. The number of amides is 1. The Morgan fingerprint density at radius 1 is 0.968 bits per heavy atom. The molecule has 7 heteroatoms. The van der Waals surface area contributed by atoms with Crippen molar-refractivity contribution in [2.24, 2.45) is 0 Å². The van der Waals surface area contributed by atoms with Crippen LogP contribution in [0.4, 0.5) is 0 Å². The fourth-order valence-corrected chi connectivity index (χ4v) is 5.58. The van der Waals surface area contributed by atoms with E-state index in [1.165, 1.54) is 23.7 Å². The summed E-state index contributed by atoms with van der Waals surface area (Å²) < 4.78 is 4.28. The van der Waals surface area contributed by atoms with Crippen LogP contribution in [-0.4, -0.2) is 47.8 Å². The highest BCUT2D eigenvalue weighted by Crippen LogP contribution is 2.28. The largest absolute Gasteiger partial charge is 0.337 e. The van der Waals surface area contributed by atoms with Crippen LogP contribution in [0.3, 0.4) is 0 Å². The quantitative estimate of drug-likeness (QED) is 0.431. The lowest BCUT2D eigenvalue weighted by Crippen LogP contribution is -2.48. The molecule has 0 saturated carbocycles. The molecule has 1 fully saturated rings. The molecule has 2 aromatic carbocycles. The maximum absolute atomic E-state index is 13.0. The van der Waals surface area contributed by atoms with Crippen LogP contribution in [0, 0.1) is 0 Å². The summed E-state index contributed by atoms with van der Waals surface area (Å²) in [4.78, 5) is 15.1. The minimum Gasteiger partial charge on any atom is -0.337 e. The Balaban J connectivity index is 1.45. The molecule has 1 aliphatic heterocycles. The fraction of sp³-hybridized carbons (Fsp3) is 0.375. The van der Waals surface area contributed by atoms with Crippen molar-refractivity contribution in [3.05, 3.63) is 60.2 Å². The second-order valence-electron chi connectivity index (χ2n) is 8.40. The van der Waals surface area contributed by atoms with E-state index in [2.05, 4.69) is 74.3 Å². The van der Waals surface area contributed by atoms with Gasteiger partial charge in [-0.05, 0) is 50.8 Å². The highest BCUT2D eigenvalue weighted by Gasteiger charge is 2.29. The smallest absolute Gasteiger partial charge is 0.237 e. The number of carbonyl (C=O) groups excluding carboxylic acids is 1. The van der Waals surface area contributed by atoms with Crippen LogP contribution in [0.15, 0.2) is 59.8 Å². The van der Waals surface area contributed by atoms with Gasteiger partial charge in [0.15, 0.2) is 5.16 Å². The number of hydrogen-bond acceptors (Lipinski definition) is 4. The Kier molecular flexibility index (Phi) is 5.44. The van der Waals surface area contributed by atoms with E-state index in [-0.39, 0.29) is 5.91 Å². The number of aromatic nitrogens is 4. The van der Waals surface area contributed by atoms with Gasteiger partial charge in [0.25, 0.3) is 0 Å². The predicted octanol–water partition coefficient (Wildman–Crippen LogP) is 4.61. The lowest BCUT2D eigenvalue weighted by molar-refractivity contribution is -0.134. The fourth-order valence-electron chi connectivity index (χ4n) is 4.77. The molecule has 160 valence electrons. The van der Waals surface area contributed by atoms with Crippen LogP contribution in [0.1, 0.15) is 38.7 Å². The number of thioether (sulfide) groups is 1. The van der Waals surface area contributed by atoms with Gasteiger partial charge >= 0.3 is 0 Å². The first-order valence-electron chi connectivity index (χ1n) is 10.9. The summed E-state index contributed by atoms with van der Waals surface area (Å²) >= 11 is 1.48. The third-order valence-electron chi connectivity index (χ3n) is 6.26. The molecule has 2 aromatic heterocycles. The number of piperidine rings is 1. The molecule has 1 amide bonds. The van der Waals surface area contributed by atoms with Crippen LogP contribution in [0.2, 0.25) is 0 Å². The number of imidazole rings is 1. The topological polar surface area (TPSA) is 55.4 Å². The number of rotatable bonds is 5. The molecule has 4 aromatic rings. The lowest BCUT2D eigenvalue weighted by Gasteiger charge is -2.39. The average molecular weight is 434 g/mol. The van der Waals surface area contributed by atoms with Crippen molar-refractivity contribution in [2.45, 2.75) is 56.9 Å². The minimum absolute atomic E-state index is 0.189. The van der Waals surface area contributed by atoms with Gasteiger partial charge in [-0.1, -0.05) is 54.2 Å². The standard InChI is InChI=1S/C24H27N5OS/c1-17-9-8-10-18(2)28(17)22(30)16-31-24-26-25-23-27(15-19-11-4-3-5-12-19)20-13-6-7-14-21(20)29(23)24/h3-7,11-14,17-18H,8-10,15-16H2,1-2H3/t17-,18+. The van der Waals surface area contributed by atoms with Gasteiger partial charge in [-0.25, -0.2) is 0 Å². The summed E-state index contributed by atoms with van der Waals surface area (Å²) in [5.74, 6) is 1.38. The number of hydrogen-bond donors (Lipinski definition) is 0. The molecular formula is C24H27N5OS. The van der Waals surface area contributed by atoms with E-state index in [4.69, 9.17) is 0 Å². The maximum atomic E-state index is 13.0. The van der Waals surface area contributed by atoms with Gasteiger partial charge in [-0.3, -0.25) is 9.20 Å². The highest BCUT2D eigenvalue weighted by atomic mass is 32.2. The number of para-hydroxylation sites is 2. The first kappa shape index (κ1) is 20.1. The number of likely N-dealkylation sites (tertiary alicyclic amines) is 1. The van der Waals surface area contributed by atoms with Crippen molar-refractivity contribution in [2.75, 3.05) is 5.75 Å². The summed E-state index contributed by atoms with van der Waals surface area (Å²) in [6.45, 7) is 5.04. The summed E-state index contributed by atoms with van der Waals surface area (Å²) in [6.07, 6.45) is 3.37. The zero-order chi connectivity index (χ0) is 21.4. The molecule has 0 bridgehead atoms. The van der Waals surface area contributed by atoms with E-state index >= 15 is 0 Å². The van der Waals surface area contributed by atoms with E-state index in [0.29, 0.717) is 17.8 Å². The molecule has 0 radical (unpaired) electrons. The van der Waals surface area contributed by atoms with Crippen LogP contribution < -0.4 is 0 Å². The van der Waals surface area contributed by atoms with Crippen LogP contribution in [0.25, 0.3) is 16.8 Å². The van der Waals surface area contributed by atoms with E-state index in [1.54, 1.807) is 0 Å². The van der Waals surface area contributed by atoms with E-state index < -0.39 is 0 Å². The van der Waals surface area contributed by atoms with Crippen molar-refractivity contribution >= 4 is 34.5 Å².